The second-order valence-corrected chi connectivity index (χ2v) is 5.09. The molecule has 1 aromatic heterocycles. The minimum absolute atomic E-state index is 0.399. The highest BCUT2D eigenvalue weighted by Gasteiger charge is 2.12. The molecule has 1 aromatic carbocycles. The van der Waals surface area contributed by atoms with E-state index in [1.807, 2.05) is 42.5 Å². The lowest BCUT2D eigenvalue weighted by molar-refractivity contribution is 0.122. The number of anilines is 1. The first-order valence-electron chi connectivity index (χ1n) is 6.91. The van der Waals surface area contributed by atoms with E-state index < -0.39 is 0 Å². The van der Waals surface area contributed by atoms with E-state index in [0.29, 0.717) is 10.9 Å². The van der Waals surface area contributed by atoms with Crippen molar-refractivity contribution in [2.45, 2.75) is 0 Å². The van der Waals surface area contributed by atoms with E-state index >= 15 is 0 Å². The van der Waals surface area contributed by atoms with E-state index in [1.165, 1.54) is 0 Å². The third-order valence-corrected chi connectivity index (χ3v) is 3.59. The van der Waals surface area contributed by atoms with E-state index in [2.05, 4.69) is 14.9 Å². The molecule has 0 bridgehead atoms. The average Bonchev–Trinajstić information content (AvgIpc) is 2.57. The van der Waals surface area contributed by atoms with Crippen LogP contribution >= 0.6 is 11.6 Å². The van der Waals surface area contributed by atoms with E-state index in [1.54, 1.807) is 6.20 Å². The van der Waals surface area contributed by atoms with Gasteiger partial charge in [-0.25, -0.2) is 4.99 Å². The van der Waals surface area contributed by atoms with E-state index in [9.17, 15) is 0 Å². The van der Waals surface area contributed by atoms with E-state index in [4.69, 9.17) is 16.3 Å². The molecule has 2 aromatic rings. The zero-order valence-corrected chi connectivity index (χ0v) is 12.3. The lowest BCUT2D eigenvalue weighted by atomic mass is 10.2. The van der Waals surface area contributed by atoms with Crippen molar-refractivity contribution in [2.75, 3.05) is 31.2 Å². The fraction of sp³-hybridized carbons (Fsp3) is 0.250. The summed E-state index contributed by atoms with van der Waals surface area (Å²) in [6.07, 6.45) is 1.77. The minimum atomic E-state index is 0.399. The number of aromatic nitrogens is 1. The summed E-state index contributed by atoms with van der Waals surface area (Å²) in [5, 5.41) is 0.399. The smallest absolute Gasteiger partial charge is 0.155 e. The van der Waals surface area contributed by atoms with Crippen molar-refractivity contribution in [3.05, 3.63) is 54.4 Å². The number of hydrogen-bond donors (Lipinski definition) is 0. The number of pyridine rings is 1. The molecule has 21 heavy (non-hydrogen) atoms. The van der Waals surface area contributed by atoms with Gasteiger partial charge in [0, 0.05) is 25.0 Å². The Hall–Kier alpha value is -1.91. The van der Waals surface area contributed by atoms with Gasteiger partial charge in [0.15, 0.2) is 5.17 Å². The van der Waals surface area contributed by atoms with E-state index in [-0.39, 0.29) is 0 Å². The molecule has 4 nitrogen and oxygen atoms in total. The van der Waals surface area contributed by atoms with Crippen LogP contribution in [0.15, 0.2) is 53.7 Å². The molecular formula is C16H16ClN3O. The predicted molar refractivity (Wildman–Crippen MR) is 85.8 cm³/mol. The minimum Gasteiger partial charge on any atom is -0.378 e. The first-order chi connectivity index (χ1) is 10.3. The quantitative estimate of drug-likeness (QED) is 0.817. The zero-order valence-electron chi connectivity index (χ0n) is 11.6. The number of hydrogen-bond acceptors (Lipinski definition) is 4. The van der Waals surface area contributed by atoms with Crippen molar-refractivity contribution >= 4 is 28.1 Å². The van der Waals surface area contributed by atoms with Gasteiger partial charge in [0.05, 0.1) is 18.9 Å². The molecular weight excluding hydrogens is 286 g/mol. The number of para-hydroxylation sites is 1. The molecule has 0 N–H and O–H groups in total. The molecule has 0 saturated carbocycles. The summed E-state index contributed by atoms with van der Waals surface area (Å²) < 4.78 is 5.37. The van der Waals surface area contributed by atoms with Crippen LogP contribution in [0.4, 0.5) is 11.4 Å². The highest BCUT2D eigenvalue weighted by atomic mass is 35.5. The Morgan fingerprint density at radius 1 is 1.14 bits per heavy atom. The number of halogens is 1. The Balaban J connectivity index is 1.83. The zero-order chi connectivity index (χ0) is 14.5. The molecule has 0 atom stereocenters. The van der Waals surface area contributed by atoms with Crippen molar-refractivity contribution in [3.63, 3.8) is 0 Å². The largest absolute Gasteiger partial charge is 0.378 e. The molecule has 0 radical (unpaired) electrons. The molecule has 0 aliphatic carbocycles. The summed E-state index contributed by atoms with van der Waals surface area (Å²) in [6, 6.07) is 13.6. The maximum Gasteiger partial charge on any atom is 0.155 e. The van der Waals surface area contributed by atoms with Crippen molar-refractivity contribution in [2.24, 2.45) is 4.99 Å². The van der Waals surface area contributed by atoms with Crippen LogP contribution in [0.5, 0.6) is 0 Å². The summed E-state index contributed by atoms with van der Waals surface area (Å²) >= 11 is 6.30. The second-order valence-electron chi connectivity index (χ2n) is 4.74. The van der Waals surface area contributed by atoms with Crippen LogP contribution in [0.25, 0.3) is 0 Å². The highest BCUT2D eigenvalue weighted by molar-refractivity contribution is 6.69. The first-order valence-corrected chi connectivity index (χ1v) is 7.29. The molecule has 0 unspecified atom stereocenters. The predicted octanol–water partition coefficient (Wildman–Crippen LogP) is 3.24. The van der Waals surface area contributed by atoms with Crippen LogP contribution in [-0.2, 0) is 4.74 Å². The van der Waals surface area contributed by atoms with E-state index in [0.717, 1.165) is 37.7 Å². The number of nitrogens with zero attached hydrogens (tertiary/aromatic N) is 3. The monoisotopic (exact) mass is 301 g/mol. The van der Waals surface area contributed by atoms with Crippen molar-refractivity contribution in [3.8, 4) is 0 Å². The maximum absolute atomic E-state index is 6.30. The van der Waals surface area contributed by atoms with Gasteiger partial charge < -0.3 is 9.64 Å². The van der Waals surface area contributed by atoms with Gasteiger partial charge in [0.2, 0.25) is 0 Å². The molecule has 0 spiro atoms. The molecule has 3 rings (SSSR count). The van der Waals surface area contributed by atoms with Gasteiger partial charge in [-0.15, -0.1) is 0 Å². The third kappa shape index (κ3) is 3.60. The maximum atomic E-state index is 6.30. The van der Waals surface area contributed by atoms with Crippen LogP contribution in [-0.4, -0.2) is 36.5 Å². The Labute approximate surface area is 129 Å². The van der Waals surface area contributed by atoms with Gasteiger partial charge in [-0.1, -0.05) is 29.8 Å². The third-order valence-electron chi connectivity index (χ3n) is 3.31. The standard InChI is InChI=1S/C16H16ClN3O/c17-16(19-13-4-2-1-3-5-13)15-12-14(6-7-18-15)20-8-10-21-11-9-20/h1-7,12H,8-11H2. The Bertz CT molecular complexity index is 624. The van der Waals surface area contributed by atoms with Crippen LogP contribution in [0.2, 0.25) is 0 Å². The number of morpholine rings is 1. The van der Waals surface area contributed by atoms with Crippen molar-refractivity contribution < 1.29 is 4.74 Å². The van der Waals surface area contributed by atoms with Gasteiger partial charge in [-0.05, 0) is 24.3 Å². The fourth-order valence-corrected chi connectivity index (χ4v) is 2.42. The van der Waals surface area contributed by atoms with Crippen LogP contribution in [0.1, 0.15) is 5.69 Å². The highest BCUT2D eigenvalue weighted by Crippen LogP contribution is 2.19. The van der Waals surface area contributed by atoms with Crippen LogP contribution in [0.3, 0.4) is 0 Å². The number of aliphatic imine (C=N–C) groups is 1. The molecule has 0 amide bonds. The molecule has 1 aliphatic rings. The summed E-state index contributed by atoms with van der Waals surface area (Å²) in [5.74, 6) is 0. The van der Waals surface area contributed by atoms with Gasteiger partial charge >= 0.3 is 0 Å². The molecule has 108 valence electrons. The number of rotatable bonds is 3. The summed E-state index contributed by atoms with van der Waals surface area (Å²) in [7, 11) is 0. The van der Waals surface area contributed by atoms with Crippen molar-refractivity contribution in [1.29, 1.82) is 0 Å². The summed E-state index contributed by atoms with van der Waals surface area (Å²) in [5.41, 5.74) is 2.61. The first kappa shape index (κ1) is 14.0. The van der Waals surface area contributed by atoms with Gasteiger partial charge in [-0.3, -0.25) is 4.98 Å². The van der Waals surface area contributed by atoms with Gasteiger partial charge in [-0.2, -0.15) is 0 Å². The van der Waals surface area contributed by atoms with Crippen molar-refractivity contribution in [1.82, 2.24) is 4.98 Å². The summed E-state index contributed by atoms with van der Waals surface area (Å²) in [4.78, 5) is 11.0. The lowest BCUT2D eigenvalue weighted by Crippen LogP contribution is -2.36. The Morgan fingerprint density at radius 3 is 2.67 bits per heavy atom. The van der Waals surface area contributed by atoms with Gasteiger partial charge in [0.25, 0.3) is 0 Å². The molecule has 1 saturated heterocycles. The van der Waals surface area contributed by atoms with Crippen LogP contribution in [0, 0.1) is 0 Å². The fourth-order valence-electron chi connectivity index (χ4n) is 2.22. The van der Waals surface area contributed by atoms with Gasteiger partial charge in [0.1, 0.15) is 5.69 Å². The normalized spacial score (nSPS) is 16.0. The number of benzene rings is 1. The Morgan fingerprint density at radius 2 is 1.90 bits per heavy atom. The molecule has 1 aliphatic heterocycles. The molecule has 2 heterocycles. The topological polar surface area (TPSA) is 37.7 Å². The summed E-state index contributed by atoms with van der Waals surface area (Å²) in [6.45, 7) is 3.28. The Kier molecular flexibility index (Phi) is 4.48. The SMILES string of the molecule is ClC(=Nc1ccccc1)c1cc(N2CCOCC2)ccn1. The second kappa shape index (κ2) is 6.70. The van der Waals surface area contributed by atoms with Crippen LogP contribution < -0.4 is 4.90 Å². The molecule has 5 heteroatoms. The average molecular weight is 302 g/mol. The number of ether oxygens (including phenoxy) is 1. The molecule has 1 fully saturated rings. The lowest BCUT2D eigenvalue weighted by Gasteiger charge is -2.28.